The van der Waals surface area contributed by atoms with Crippen molar-refractivity contribution >= 4 is 17.4 Å². The lowest BCUT2D eigenvalue weighted by atomic mass is 10.2. The molecular formula is C8H5N3O3. The van der Waals surface area contributed by atoms with Gasteiger partial charge in [0.2, 0.25) is 0 Å². The molecule has 1 heterocycles. The summed E-state index contributed by atoms with van der Waals surface area (Å²) in [4.78, 5) is 26.5. The van der Waals surface area contributed by atoms with Crippen LogP contribution in [0.4, 0.5) is 0 Å². The highest BCUT2D eigenvalue weighted by Crippen LogP contribution is 2.02. The van der Waals surface area contributed by atoms with Crippen LogP contribution in [0.5, 0.6) is 0 Å². The van der Waals surface area contributed by atoms with E-state index in [2.05, 4.69) is 15.1 Å². The molecule has 1 aromatic carbocycles. The van der Waals surface area contributed by atoms with E-state index in [-0.39, 0.29) is 5.39 Å². The first-order valence-corrected chi connectivity index (χ1v) is 3.72. The molecule has 0 saturated carbocycles. The summed E-state index contributed by atoms with van der Waals surface area (Å²) < 4.78 is 6.53. The van der Waals surface area contributed by atoms with Crippen LogP contribution in [0.3, 0.4) is 0 Å². The zero-order valence-electron chi connectivity index (χ0n) is 7.88. The van der Waals surface area contributed by atoms with Crippen LogP contribution in [0.2, 0.25) is 0 Å². The first kappa shape index (κ1) is 7.19. The minimum atomic E-state index is -1.37. The lowest BCUT2D eigenvalue weighted by Crippen LogP contribution is -2.29. The largest absolute Gasteiger partial charge is 0.323 e. The second kappa shape index (κ2) is 3.25. The number of carbonyl (C=O) groups is 1. The maximum atomic E-state index is 11.6. The highest BCUT2D eigenvalue weighted by Gasteiger charge is 2.04. The Kier molecular flexibility index (Phi) is 1.67. The van der Waals surface area contributed by atoms with Gasteiger partial charge in [-0.3, -0.25) is 9.59 Å². The van der Waals surface area contributed by atoms with Crippen LogP contribution >= 0.6 is 0 Å². The summed E-state index contributed by atoms with van der Waals surface area (Å²) in [5.41, 5.74) is -0.221. The summed E-state index contributed by atoms with van der Waals surface area (Å²) in [6.45, 7) is 0. The predicted molar refractivity (Wildman–Crippen MR) is 46.4 cm³/mol. The predicted octanol–water partition coefficient (Wildman–Crippen LogP) is -0.624. The summed E-state index contributed by atoms with van der Waals surface area (Å²) in [7, 11) is 0. The minimum Gasteiger partial charge on any atom is -0.317 e. The molecule has 0 spiro atoms. The molecule has 1 aromatic heterocycles. The van der Waals surface area contributed by atoms with Crippen molar-refractivity contribution in [1.82, 2.24) is 15.2 Å². The highest BCUT2D eigenvalue weighted by atomic mass is 16.7. The zero-order valence-corrected chi connectivity index (χ0v) is 6.88. The topological polar surface area (TPSA) is 74.1 Å². The Labute approximate surface area is 79.1 Å². The SMILES string of the molecule is [2H]C(=O)On1nnc2ccccc2c1=O. The molecule has 70 valence electrons. The van der Waals surface area contributed by atoms with Crippen molar-refractivity contribution in [3.8, 4) is 0 Å². The van der Waals surface area contributed by atoms with E-state index in [1.165, 1.54) is 6.07 Å². The molecule has 0 aliphatic rings. The fourth-order valence-corrected chi connectivity index (χ4v) is 1.07. The standard InChI is InChI=1S/C8H5N3O3/c12-5-14-11-8(13)6-3-1-2-4-7(6)9-10-11/h1-5H/i5D. The van der Waals surface area contributed by atoms with Gasteiger partial charge in [0.15, 0.2) is 1.37 Å². The summed E-state index contributed by atoms with van der Waals surface area (Å²) in [6, 6.07) is 6.49. The van der Waals surface area contributed by atoms with E-state index in [0.29, 0.717) is 10.4 Å². The van der Waals surface area contributed by atoms with Gasteiger partial charge in [0.25, 0.3) is 0 Å². The molecule has 2 rings (SSSR count). The van der Waals surface area contributed by atoms with E-state index < -0.39 is 12.0 Å². The number of aromatic nitrogens is 3. The Morgan fingerprint density at radius 2 is 2.29 bits per heavy atom. The molecule has 0 saturated heterocycles. The van der Waals surface area contributed by atoms with Crippen LogP contribution in [0.1, 0.15) is 1.37 Å². The van der Waals surface area contributed by atoms with Gasteiger partial charge in [-0.15, -0.1) is 5.10 Å². The van der Waals surface area contributed by atoms with Crippen LogP contribution in [0.15, 0.2) is 29.1 Å². The van der Waals surface area contributed by atoms with Crippen molar-refractivity contribution in [3.63, 3.8) is 0 Å². The van der Waals surface area contributed by atoms with Crippen molar-refractivity contribution < 1.29 is 11.0 Å². The fourth-order valence-electron chi connectivity index (χ4n) is 1.07. The Bertz CT molecular complexity index is 581. The molecule has 0 aliphatic carbocycles. The van der Waals surface area contributed by atoms with Crippen LogP contribution in [-0.2, 0) is 4.79 Å². The molecule has 6 heteroatoms. The molecular weight excluding hydrogens is 186 g/mol. The van der Waals surface area contributed by atoms with Crippen LogP contribution in [-0.4, -0.2) is 21.6 Å². The van der Waals surface area contributed by atoms with Crippen LogP contribution < -0.4 is 10.4 Å². The van der Waals surface area contributed by atoms with Crippen molar-refractivity contribution in [1.29, 1.82) is 0 Å². The van der Waals surface area contributed by atoms with Crippen LogP contribution in [0.25, 0.3) is 10.9 Å². The van der Waals surface area contributed by atoms with Crippen LogP contribution in [0, 0.1) is 0 Å². The molecule has 0 unspecified atom stereocenters. The molecule has 0 atom stereocenters. The number of rotatable bonds is 1. The third kappa shape index (κ3) is 1.22. The second-order valence-electron chi connectivity index (χ2n) is 2.46. The van der Waals surface area contributed by atoms with Gasteiger partial charge in [-0.2, -0.15) is 0 Å². The van der Waals surface area contributed by atoms with E-state index in [1.54, 1.807) is 18.2 Å². The third-order valence-corrected chi connectivity index (χ3v) is 1.67. The van der Waals surface area contributed by atoms with E-state index >= 15 is 0 Å². The molecule has 0 aliphatic heterocycles. The van der Waals surface area contributed by atoms with Crippen molar-refractivity contribution in [3.05, 3.63) is 34.6 Å². The number of benzene rings is 1. The van der Waals surface area contributed by atoms with E-state index in [9.17, 15) is 9.59 Å². The van der Waals surface area contributed by atoms with Crippen molar-refractivity contribution in [2.75, 3.05) is 0 Å². The molecule has 0 amide bonds. The normalized spacial score (nSPS) is 11.0. The number of carbonyl (C=O) groups excluding carboxylic acids is 1. The quantitative estimate of drug-likeness (QED) is 0.444. The van der Waals surface area contributed by atoms with E-state index in [4.69, 9.17) is 1.37 Å². The summed E-state index contributed by atoms with van der Waals surface area (Å²) >= 11 is 0. The molecule has 14 heavy (non-hydrogen) atoms. The van der Waals surface area contributed by atoms with E-state index in [1.807, 2.05) is 0 Å². The molecule has 0 bridgehead atoms. The average Bonchev–Trinajstić information content (AvgIpc) is 2.22. The summed E-state index contributed by atoms with van der Waals surface area (Å²) in [5.74, 6) is 0. The Balaban J connectivity index is 2.65. The zero-order chi connectivity index (χ0) is 10.8. The molecule has 0 radical (unpaired) electrons. The minimum absolute atomic E-state index is 0.272. The Hall–Kier alpha value is -2.24. The van der Waals surface area contributed by atoms with Gasteiger partial charge < -0.3 is 4.84 Å². The van der Waals surface area contributed by atoms with Gasteiger partial charge in [-0.25, -0.2) is 0 Å². The first-order chi connectivity index (χ1) is 7.18. The second-order valence-corrected chi connectivity index (χ2v) is 2.46. The van der Waals surface area contributed by atoms with Gasteiger partial charge in [0.05, 0.1) is 5.39 Å². The number of hydrogen-bond acceptors (Lipinski definition) is 5. The number of fused-ring (bicyclic) bond motifs is 1. The van der Waals surface area contributed by atoms with Gasteiger partial charge in [-0.1, -0.05) is 12.1 Å². The van der Waals surface area contributed by atoms with Gasteiger partial charge in [0.1, 0.15) is 5.52 Å². The smallest absolute Gasteiger partial charge is 0.317 e. The maximum absolute atomic E-state index is 11.6. The Morgan fingerprint density at radius 1 is 1.50 bits per heavy atom. The highest BCUT2D eigenvalue weighted by molar-refractivity contribution is 5.76. The lowest BCUT2D eigenvalue weighted by molar-refractivity contribution is -0.131. The van der Waals surface area contributed by atoms with Crippen molar-refractivity contribution in [2.45, 2.75) is 0 Å². The number of hydrogen-bond donors (Lipinski definition) is 0. The number of nitrogens with zero attached hydrogens (tertiary/aromatic N) is 3. The fraction of sp³-hybridized carbons (Fsp3) is 0. The molecule has 6 nitrogen and oxygen atoms in total. The van der Waals surface area contributed by atoms with E-state index in [0.717, 1.165) is 0 Å². The molecule has 2 aromatic rings. The maximum Gasteiger partial charge on any atom is 0.323 e. The summed E-state index contributed by atoms with van der Waals surface area (Å²) in [6.07, 6.45) is -1.37. The Morgan fingerprint density at radius 3 is 3.07 bits per heavy atom. The third-order valence-electron chi connectivity index (χ3n) is 1.67. The summed E-state index contributed by atoms with van der Waals surface area (Å²) in [5, 5.41) is 7.26. The average molecular weight is 192 g/mol. The molecule has 0 N–H and O–H groups in total. The first-order valence-electron chi connectivity index (χ1n) is 4.22. The molecule has 0 fully saturated rings. The monoisotopic (exact) mass is 192 g/mol. The van der Waals surface area contributed by atoms with Crippen molar-refractivity contribution in [2.24, 2.45) is 0 Å². The lowest BCUT2D eigenvalue weighted by Gasteiger charge is -1.98. The van der Waals surface area contributed by atoms with Gasteiger partial charge in [-0.05, 0) is 22.2 Å². The van der Waals surface area contributed by atoms with Gasteiger partial charge in [0, 0.05) is 0 Å². The van der Waals surface area contributed by atoms with Gasteiger partial charge >= 0.3 is 12.0 Å².